The SMILES string of the molecule is CCCCCCCC=CCC=CCCCCCCCCCCCCCCCCC(=O)O. The number of carboxylic acid groups (broad SMARTS) is 1. The Morgan fingerprint density at radius 3 is 1.26 bits per heavy atom. The molecule has 0 aromatic rings. The van der Waals surface area contributed by atoms with Crippen LogP contribution in [-0.2, 0) is 4.79 Å². The van der Waals surface area contributed by atoms with E-state index in [1.54, 1.807) is 0 Å². The first-order valence-electron chi connectivity index (χ1n) is 13.8. The molecule has 182 valence electrons. The lowest BCUT2D eigenvalue weighted by Crippen LogP contribution is -1.93. The highest BCUT2D eigenvalue weighted by Crippen LogP contribution is 2.14. The van der Waals surface area contributed by atoms with Crippen LogP contribution >= 0.6 is 0 Å². The quantitative estimate of drug-likeness (QED) is 0.115. The zero-order valence-electron chi connectivity index (χ0n) is 20.9. The van der Waals surface area contributed by atoms with Crippen LogP contribution in [0, 0.1) is 0 Å². The van der Waals surface area contributed by atoms with Gasteiger partial charge in [-0.05, 0) is 38.5 Å². The number of hydrogen-bond acceptors (Lipinski definition) is 1. The number of unbranched alkanes of at least 4 members (excludes halogenated alkanes) is 19. The third kappa shape index (κ3) is 28.9. The lowest BCUT2D eigenvalue weighted by atomic mass is 10.0. The highest BCUT2D eigenvalue weighted by Gasteiger charge is 1.97. The molecule has 1 N–H and O–H groups in total. The minimum Gasteiger partial charge on any atom is -0.481 e. The van der Waals surface area contributed by atoms with Crippen LogP contribution in [0.4, 0.5) is 0 Å². The minimum atomic E-state index is -0.654. The van der Waals surface area contributed by atoms with Crippen molar-refractivity contribution in [1.29, 1.82) is 0 Å². The molecular weight excluding hydrogens is 380 g/mol. The molecule has 0 rings (SSSR count). The van der Waals surface area contributed by atoms with Crippen molar-refractivity contribution in [1.82, 2.24) is 0 Å². The van der Waals surface area contributed by atoms with Gasteiger partial charge >= 0.3 is 5.97 Å². The second-order valence-corrected chi connectivity index (χ2v) is 9.26. The smallest absolute Gasteiger partial charge is 0.303 e. The van der Waals surface area contributed by atoms with Gasteiger partial charge in [-0.3, -0.25) is 4.79 Å². The van der Waals surface area contributed by atoms with E-state index in [0.717, 1.165) is 19.3 Å². The molecule has 0 saturated carbocycles. The van der Waals surface area contributed by atoms with Crippen LogP contribution in [0.3, 0.4) is 0 Å². The largest absolute Gasteiger partial charge is 0.481 e. The Kier molecular flexibility index (Phi) is 26.1. The van der Waals surface area contributed by atoms with Gasteiger partial charge < -0.3 is 5.11 Å². The Morgan fingerprint density at radius 2 is 0.871 bits per heavy atom. The standard InChI is InChI=1S/C29H54O2/c1-2-3-4-5-6-7-8-9-10-11-12-13-14-15-16-17-18-19-20-21-22-23-24-25-26-27-28-29(30)31/h8-9,11-12H,2-7,10,13-28H2,1H3,(H,30,31). The zero-order chi connectivity index (χ0) is 22.7. The second-order valence-electron chi connectivity index (χ2n) is 9.26. The van der Waals surface area contributed by atoms with Gasteiger partial charge in [0.25, 0.3) is 0 Å². The van der Waals surface area contributed by atoms with Crippen molar-refractivity contribution in [3.63, 3.8) is 0 Å². The van der Waals surface area contributed by atoms with E-state index in [1.807, 2.05) is 0 Å². The molecule has 0 aromatic heterocycles. The van der Waals surface area contributed by atoms with Crippen molar-refractivity contribution in [2.45, 2.75) is 155 Å². The Hall–Kier alpha value is -1.05. The van der Waals surface area contributed by atoms with E-state index in [9.17, 15) is 4.79 Å². The van der Waals surface area contributed by atoms with Gasteiger partial charge in [-0.15, -0.1) is 0 Å². The van der Waals surface area contributed by atoms with E-state index in [0.29, 0.717) is 6.42 Å². The summed E-state index contributed by atoms with van der Waals surface area (Å²) in [6, 6.07) is 0. The number of rotatable bonds is 25. The maximum Gasteiger partial charge on any atom is 0.303 e. The predicted octanol–water partition coefficient (Wildman–Crippen LogP) is 10.2. The Labute approximate surface area is 195 Å². The Balaban J connectivity index is 3.13. The van der Waals surface area contributed by atoms with Gasteiger partial charge in [-0.2, -0.15) is 0 Å². The van der Waals surface area contributed by atoms with Gasteiger partial charge in [-0.1, -0.05) is 134 Å². The number of carbonyl (C=O) groups is 1. The average molecular weight is 435 g/mol. The number of carboxylic acids is 1. The molecule has 0 amide bonds. The van der Waals surface area contributed by atoms with Crippen LogP contribution in [0.1, 0.15) is 155 Å². The second kappa shape index (κ2) is 27.0. The van der Waals surface area contributed by atoms with Gasteiger partial charge in [0.05, 0.1) is 0 Å². The molecular formula is C29H54O2. The molecule has 0 aliphatic carbocycles. The summed E-state index contributed by atoms with van der Waals surface area (Å²) in [7, 11) is 0. The summed E-state index contributed by atoms with van der Waals surface area (Å²) in [4.78, 5) is 10.4. The lowest BCUT2D eigenvalue weighted by molar-refractivity contribution is -0.137. The molecule has 0 heterocycles. The summed E-state index contributed by atoms with van der Waals surface area (Å²) >= 11 is 0. The number of aliphatic carboxylic acids is 1. The molecule has 0 atom stereocenters. The van der Waals surface area contributed by atoms with Crippen LogP contribution in [0.15, 0.2) is 24.3 Å². The summed E-state index contributed by atoms with van der Waals surface area (Å²) in [6.45, 7) is 2.27. The number of hydrogen-bond donors (Lipinski definition) is 1. The van der Waals surface area contributed by atoms with E-state index in [1.165, 1.54) is 122 Å². The van der Waals surface area contributed by atoms with Crippen molar-refractivity contribution < 1.29 is 9.90 Å². The molecule has 0 aliphatic rings. The van der Waals surface area contributed by atoms with E-state index in [-0.39, 0.29) is 0 Å². The third-order valence-electron chi connectivity index (χ3n) is 6.09. The van der Waals surface area contributed by atoms with Crippen molar-refractivity contribution >= 4 is 5.97 Å². The van der Waals surface area contributed by atoms with Crippen molar-refractivity contribution in [3.8, 4) is 0 Å². The van der Waals surface area contributed by atoms with E-state index in [4.69, 9.17) is 5.11 Å². The maximum absolute atomic E-state index is 10.4. The van der Waals surface area contributed by atoms with Gasteiger partial charge in [-0.25, -0.2) is 0 Å². The summed E-state index contributed by atoms with van der Waals surface area (Å²) < 4.78 is 0. The minimum absolute atomic E-state index is 0.341. The predicted molar refractivity (Wildman–Crippen MR) is 138 cm³/mol. The molecule has 31 heavy (non-hydrogen) atoms. The van der Waals surface area contributed by atoms with E-state index >= 15 is 0 Å². The van der Waals surface area contributed by atoms with Crippen LogP contribution in [0.25, 0.3) is 0 Å². The fourth-order valence-corrected chi connectivity index (χ4v) is 4.03. The maximum atomic E-state index is 10.4. The number of allylic oxidation sites excluding steroid dienone is 4. The topological polar surface area (TPSA) is 37.3 Å². The van der Waals surface area contributed by atoms with Crippen molar-refractivity contribution in [3.05, 3.63) is 24.3 Å². The normalized spacial score (nSPS) is 11.8. The Bertz CT molecular complexity index is 411. The monoisotopic (exact) mass is 434 g/mol. The van der Waals surface area contributed by atoms with Crippen LogP contribution < -0.4 is 0 Å². The molecule has 0 aliphatic heterocycles. The van der Waals surface area contributed by atoms with Crippen molar-refractivity contribution in [2.24, 2.45) is 0 Å². The molecule has 0 bridgehead atoms. The van der Waals surface area contributed by atoms with Crippen LogP contribution in [0.2, 0.25) is 0 Å². The fourth-order valence-electron chi connectivity index (χ4n) is 4.03. The van der Waals surface area contributed by atoms with E-state index < -0.39 is 5.97 Å². The fraction of sp³-hybridized carbons (Fsp3) is 0.828. The first-order valence-corrected chi connectivity index (χ1v) is 13.8. The first kappa shape index (κ1) is 29.9. The summed E-state index contributed by atoms with van der Waals surface area (Å²) in [6.07, 6.45) is 38.5. The molecule has 2 nitrogen and oxygen atoms in total. The summed E-state index contributed by atoms with van der Waals surface area (Å²) in [5.74, 6) is -0.654. The molecule has 0 aromatic carbocycles. The Morgan fingerprint density at radius 1 is 0.516 bits per heavy atom. The van der Waals surface area contributed by atoms with Gasteiger partial charge in [0.15, 0.2) is 0 Å². The lowest BCUT2D eigenvalue weighted by Gasteiger charge is -2.03. The summed E-state index contributed by atoms with van der Waals surface area (Å²) in [5.41, 5.74) is 0. The van der Waals surface area contributed by atoms with Gasteiger partial charge in [0.2, 0.25) is 0 Å². The summed E-state index contributed by atoms with van der Waals surface area (Å²) in [5, 5.41) is 8.60. The van der Waals surface area contributed by atoms with E-state index in [2.05, 4.69) is 31.2 Å². The van der Waals surface area contributed by atoms with Crippen molar-refractivity contribution in [2.75, 3.05) is 0 Å². The molecule has 2 heteroatoms. The third-order valence-corrected chi connectivity index (χ3v) is 6.09. The molecule has 0 unspecified atom stereocenters. The highest BCUT2D eigenvalue weighted by atomic mass is 16.4. The highest BCUT2D eigenvalue weighted by molar-refractivity contribution is 5.66. The van der Waals surface area contributed by atoms with Gasteiger partial charge in [0, 0.05) is 6.42 Å². The molecule has 0 saturated heterocycles. The van der Waals surface area contributed by atoms with Crippen LogP contribution in [-0.4, -0.2) is 11.1 Å². The zero-order valence-corrected chi connectivity index (χ0v) is 20.9. The first-order chi connectivity index (χ1) is 15.3. The van der Waals surface area contributed by atoms with Crippen LogP contribution in [0.5, 0.6) is 0 Å². The molecule has 0 spiro atoms. The molecule has 0 fully saturated rings. The van der Waals surface area contributed by atoms with Gasteiger partial charge in [0.1, 0.15) is 0 Å². The molecule has 0 radical (unpaired) electrons. The average Bonchev–Trinajstić information content (AvgIpc) is 2.76.